The van der Waals surface area contributed by atoms with Gasteiger partial charge in [0.15, 0.2) is 5.69 Å². The van der Waals surface area contributed by atoms with Gasteiger partial charge in [-0.25, -0.2) is 8.42 Å². The molecule has 33 heavy (non-hydrogen) atoms. The number of azo groups is 1. The van der Waals surface area contributed by atoms with Gasteiger partial charge < -0.3 is 10.1 Å². The normalized spacial score (nSPS) is 12.5. The summed E-state index contributed by atoms with van der Waals surface area (Å²) in [5.74, 6) is -0.283. The highest BCUT2D eigenvalue weighted by molar-refractivity contribution is 7.93. The number of aryl methyl sites for hydroxylation is 1. The number of hydrogen-bond acceptors (Lipinski definition) is 7. The van der Waals surface area contributed by atoms with E-state index in [1.165, 1.54) is 21.5 Å². The molecule has 1 aromatic rings. The monoisotopic (exact) mass is 479 g/mol. The van der Waals surface area contributed by atoms with Crippen LogP contribution in [0.25, 0.3) is 0 Å². The van der Waals surface area contributed by atoms with Crippen LogP contribution in [0.3, 0.4) is 0 Å². The number of rotatable bonds is 14. The Balaban J connectivity index is 2.79. The maximum absolute atomic E-state index is 12.8. The number of nitrogens with zero attached hydrogens (tertiary/aromatic N) is 5. The van der Waals surface area contributed by atoms with Crippen molar-refractivity contribution in [2.24, 2.45) is 10.2 Å². The highest BCUT2D eigenvalue weighted by Gasteiger charge is 2.22. The number of unbranched alkanes of at least 4 members (excludes halogenated alkanes) is 2. The number of allylic oxidation sites excluding steroid dienone is 3. The van der Waals surface area contributed by atoms with Crippen LogP contribution in [0.5, 0.6) is 5.88 Å². The van der Waals surface area contributed by atoms with Crippen molar-refractivity contribution in [1.82, 2.24) is 8.98 Å². The first-order valence-corrected chi connectivity index (χ1v) is 12.5. The van der Waals surface area contributed by atoms with Gasteiger partial charge in [0.25, 0.3) is 5.56 Å². The summed E-state index contributed by atoms with van der Waals surface area (Å²) < 4.78 is 28.2. The van der Waals surface area contributed by atoms with Crippen LogP contribution in [0.4, 0.5) is 5.69 Å². The fourth-order valence-corrected chi connectivity index (χ4v) is 4.26. The molecule has 1 N–H and O–H groups in total. The standard InChI is InChI=1S/C23H37N5O4S/c1-7-9-16-27(17-10-8-2)33(31,32)20(4)14-12-11-13-15-24-25-22-19(3)18-21(29)28(23(22)30)26(5)6/h11-14,18,30H,4,7-10,15-17H2,1-3,5-6H3/b13-11-,14-12-,25-24?. The summed E-state index contributed by atoms with van der Waals surface area (Å²) >= 11 is 0. The first kappa shape index (κ1) is 28.3. The van der Waals surface area contributed by atoms with E-state index in [0.29, 0.717) is 18.7 Å². The Hall–Kier alpha value is -2.72. The van der Waals surface area contributed by atoms with E-state index in [0.717, 1.165) is 30.4 Å². The van der Waals surface area contributed by atoms with Crippen molar-refractivity contribution in [3.8, 4) is 5.88 Å². The van der Waals surface area contributed by atoms with Crippen LogP contribution in [0.15, 0.2) is 56.9 Å². The van der Waals surface area contributed by atoms with Gasteiger partial charge in [0, 0.05) is 33.3 Å². The Bertz CT molecular complexity index is 1030. The zero-order valence-electron chi connectivity index (χ0n) is 20.4. The molecular formula is C23H37N5O4S. The van der Waals surface area contributed by atoms with E-state index >= 15 is 0 Å². The van der Waals surface area contributed by atoms with Crippen LogP contribution in [0.2, 0.25) is 0 Å². The molecule has 0 amide bonds. The highest BCUT2D eigenvalue weighted by Crippen LogP contribution is 2.28. The summed E-state index contributed by atoms with van der Waals surface area (Å²) in [5, 5.41) is 19.8. The second-order valence-corrected chi connectivity index (χ2v) is 9.78. The topological polar surface area (TPSA) is 108 Å². The van der Waals surface area contributed by atoms with Gasteiger partial charge in [0.2, 0.25) is 15.9 Å². The van der Waals surface area contributed by atoms with Crippen molar-refractivity contribution in [2.45, 2.75) is 46.5 Å². The molecule has 0 aliphatic heterocycles. The van der Waals surface area contributed by atoms with E-state index in [2.05, 4.69) is 16.8 Å². The van der Waals surface area contributed by atoms with E-state index in [9.17, 15) is 18.3 Å². The number of sulfonamides is 1. The molecule has 184 valence electrons. The zero-order valence-corrected chi connectivity index (χ0v) is 21.2. The summed E-state index contributed by atoms with van der Waals surface area (Å²) in [5.41, 5.74) is 0.364. The van der Waals surface area contributed by atoms with Gasteiger partial charge in [0.1, 0.15) is 0 Å². The maximum Gasteiger partial charge on any atom is 0.272 e. The Morgan fingerprint density at radius 3 is 2.33 bits per heavy atom. The predicted octanol–water partition coefficient (Wildman–Crippen LogP) is 4.00. The first-order chi connectivity index (χ1) is 15.6. The van der Waals surface area contributed by atoms with Crippen molar-refractivity contribution in [1.29, 1.82) is 0 Å². The summed E-state index contributed by atoms with van der Waals surface area (Å²) in [4.78, 5) is 12.0. The second kappa shape index (κ2) is 13.7. The van der Waals surface area contributed by atoms with E-state index in [1.807, 2.05) is 13.8 Å². The Kier molecular flexibility index (Phi) is 11.8. The molecule has 0 atom stereocenters. The average molecular weight is 480 g/mol. The number of hydrogen-bond donors (Lipinski definition) is 1. The molecule has 0 aliphatic carbocycles. The molecule has 1 heterocycles. The highest BCUT2D eigenvalue weighted by atomic mass is 32.2. The van der Waals surface area contributed by atoms with E-state index in [-0.39, 0.29) is 28.6 Å². The minimum atomic E-state index is -3.59. The maximum atomic E-state index is 12.8. The third-order valence-corrected chi connectivity index (χ3v) is 6.66. The second-order valence-electron chi connectivity index (χ2n) is 7.79. The molecule has 0 spiro atoms. The van der Waals surface area contributed by atoms with Gasteiger partial charge in [-0.15, -0.1) is 5.11 Å². The lowest BCUT2D eigenvalue weighted by Gasteiger charge is -2.21. The smallest absolute Gasteiger partial charge is 0.272 e. The SMILES string of the molecule is C=C(/C=C\C=C/CN=Nc1c(C)cc(=O)n(N(C)C)c1O)S(=O)(=O)N(CCCC)CCCC. The van der Waals surface area contributed by atoms with E-state index < -0.39 is 10.0 Å². The third-order valence-electron chi connectivity index (χ3n) is 4.82. The molecule has 1 aromatic heterocycles. The molecule has 0 unspecified atom stereocenters. The lowest BCUT2D eigenvalue weighted by Crippen LogP contribution is -2.35. The summed E-state index contributed by atoms with van der Waals surface area (Å²) in [6.07, 6.45) is 9.89. The van der Waals surface area contributed by atoms with E-state index in [1.54, 1.807) is 39.2 Å². The van der Waals surface area contributed by atoms with Crippen molar-refractivity contribution in [2.75, 3.05) is 38.7 Å². The number of aromatic nitrogens is 1. The van der Waals surface area contributed by atoms with Crippen molar-refractivity contribution in [3.63, 3.8) is 0 Å². The van der Waals surface area contributed by atoms with Crippen LogP contribution in [0.1, 0.15) is 45.1 Å². The summed E-state index contributed by atoms with van der Waals surface area (Å²) in [6, 6.07) is 1.38. The number of aromatic hydroxyl groups is 1. The molecule has 0 bridgehead atoms. The van der Waals surface area contributed by atoms with Gasteiger partial charge in [-0.05, 0) is 31.4 Å². The molecule has 9 nitrogen and oxygen atoms in total. The van der Waals surface area contributed by atoms with Crippen molar-refractivity contribution >= 4 is 15.7 Å². The minimum absolute atomic E-state index is 0.0486. The van der Waals surface area contributed by atoms with Crippen LogP contribution in [-0.2, 0) is 10.0 Å². The predicted molar refractivity (Wildman–Crippen MR) is 134 cm³/mol. The minimum Gasteiger partial charge on any atom is -0.492 e. The fraction of sp³-hybridized carbons (Fsp3) is 0.522. The molecule has 0 aromatic carbocycles. The lowest BCUT2D eigenvalue weighted by molar-refractivity contribution is 0.399. The quantitative estimate of drug-likeness (QED) is 0.320. The summed E-state index contributed by atoms with van der Waals surface area (Å²) in [6.45, 7) is 10.7. The molecule has 0 saturated heterocycles. The van der Waals surface area contributed by atoms with Gasteiger partial charge in [-0.3, -0.25) is 4.79 Å². The van der Waals surface area contributed by atoms with Crippen LogP contribution < -0.4 is 10.6 Å². The Morgan fingerprint density at radius 2 is 1.79 bits per heavy atom. The van der Waals surface area contributed by atoms with Gasteiger partial charge in [0.05, 0.1) is 11.4 Å². The Morgan fingerprint density at radius 1 is 1.18 bits per heavy atom. The van der Waals surface area contributed by atoms with Crippen LogP contribution in [-0.4, -0.2) is 56.2 Å². The Labute approximate surface area is 197 Å². The number of pyridine rings is 1. The zero-order chi connectivity index (χ0) is 25.0. The third kappa shape index (κ3) is 8.29. The largest absolute Gasteiger partial charge is 0.492 e. The van der Waals surface area contributed by atoms with Gasteiger partial charge in [-0.1, -0.05) is 51.5 Å². The summed E-state index contributed by atoms with van der Waals surface area (Å²) in [7, 11) is -0.322. The van der Waals surface area contributed by atoms with Crippen LogP contribution in [0, 0.1) is 6.92 Å². The average Bonchev–Trinajstić information content (AvgIpc) is 2.74. The fourth-order valence-electron chi connectivity index (χ4n) is 2.94. The van der Waals surface area contributed by atoms with Crippen LogP contribution >= 0.6 is 0 Å². The molecule has 1 rings (SSSR count). The molecule has 0 radical (unpaired) electrons. The van der Waals surface area contributed by atoms with Gasteiger partial charge in [-0.2, -0.15) is 14.1 Å². The van der Waals surface area contributed by atoms with Crippen molar-refractivity contribution < 1.29 is 13.5 Å². The first-order valence-electron chi connectivity index (χ1n) is 11.1. The molecule has 0 fully saturated rings. The lowest BCUT2D eigenvalue weighted by atomic mass is 10.2. The molecular weight excluding hydrogens is 442 g/mol. The molecule has 0 aliphatic rings. The molecule has 0 saturated carbocycles. The van der Waals surface area contributed by atoms with Gasteiger partial charge >= 0.3 is 0 Å². The van der Waals surface area contributed by atoms with Crippen molar-refractivity contribution in [3.05, 3.63) is 57.8 Å². The van der Waals surface area contributed by atoms with E-state index in [4.69, 9.17) is 0 Å². The molecule has 10 heteroatoms.